The van der Waals surface area contributed by atoms with Gasteiger partial charge in [-0.2, -0.15) is 11.8 Å². The molecule has 0 aliphatic carbocycles. The monoisotopic (exact) mass is 173 g/mol. The standard InChI is InChI=1S/C9H19NS/c1-9(2,3)8(11-4)7-5-10-6-7/h7-8,10H,5-6H2,1-4H3. The van der Waals surface area contributed by atoms with Crippen LogP contribution in [0.2, 0.25) is 0 Å². The van der Waals surface area contributed by atoms with Crippen LogP contribution in [0.3, 0.4) is 0 Å². The first-order valence-corrected chi connectivity index (χ1v) is 5.58. The minimum atomic E-state index is 0.464. The molecule has 1 N–H and O–H groups in total. The molecule has 1 nitrogen and oxygen atoms in total. The molecular weight excluding hydrogens is 154 g/mol. The molecule has 0 aromatic rings. The number of rotatable bonds is 2. The molecule has 2 heteroatoms. The van der Waals surface area contributed by atoms with Crippen molar-refractivity contribution in [2.75, 3.05) is 19.3 Å². The Morgan fingerprint density at radius 3 is 2.00 bits per heavy atom. The molecule has 1 rings (SSSR count). The summed E-state index contributed by atoms with van der Waals surface area (Å²) in [6.07, 6.45) is 2.23. The molecule has 0 bridgehead atoms. The summed E-state index contributed by atoms with van der Waals surface area (Å²) in [5, 5.41) is 4.16. The van der Waals surface area contributed by atoms with Gasteiger partial charge in [0.05, 0.1) is 0 Å². The summed E-state index contributed by atoms with van der Waals surface area (Å²) in [4.78, 5) is 0. The molecule has 1 unspecified atom stereocenters. The predicted molar refractivity (Wildman–Crippen MR) is 53.1 cm³/mol. The highest BCUT2D eigenvalue weighted by atomic mass is 32.2. The van der Waals surface area contributed by atoms with Crippen LogP contribution in [-0.2, 0) is 0 Å². The maximum Gasteiger partial charge on any atom is 0.0145 e. The Labute approximate surface area is 74.3 Å². The molecule has 0 amide bonds. The van der Waals surface area contributed by atoms with Gasteiger partial charge >= 0.3 is 0 Å². The van der Waals surface area contributed by atoms with Crippen LogP contribution in [0.4, 0.5) is 0 Å². The van der Waals surface area contributed by atoms with Gasteiger partial charge in [-0.1, -0.05) is 20.8 Å². The fourth-order valence-corrected chi connectivity index (χ4v) is 3.06. The van der Waals surface area contributed by atoms with E-state index in [1.165, 1.54) is 13.1 Å². The minimum absolute atomic E-state index is 0.464. The average Bonchev–Trinajstić information content (AvgIpc) is 1.74. The molecule has 1 aliphatic heterocycles. The van der Waals surface area contributed by atoms with Crippen LogP contribution in [-0.4, -0.2) is 24.6 Å². The fourth-order valence-electron chi connectivity index (χ4n) is 1.78. The van der Waals surface area contributed by atoms with Gasteiger partial charge in [0.1, 0.15) is 0 Å². The van der Waals surface area contributed by atoms with E-state index < -0.39 is 0 Å². The van der Waals surface area contributed by atoms with Crippen LogP contribution in [0, 0.1) is 11.3 Å². The van der Waals surface area contributed by atoms with Crippen molar-refractivity contribution in [3.05, 3.63) is 0 Å². The molecule has 0 aromatic heterocycles. The topological polar surface area (TPSA) is 12.0 Å². The summed E-state index contributed by atoms with van der Waals surface area (Å²) >= 11 is 2.02. The highest BCUT2D eigenvalue weighted by Crippen LogP contribution is 2.35. The zero-order valence-corrected chi connectivity index (χ0v) is 8.79. The molecule has 1 saturated heterocycles. The maximum atomic E-state index is 3.33. The minimum Gasteiger partial charge on any atom is -0.316 e. The molecule has 1 fully saturated rings. The predicted octanol–water partition coefficient (Wildman–Crippen LogP) is 1.98. The van der Waals surface area contributed by atoms with Crippen molar-refractivity contribution in [1.29, 1.82) is 0 Å². The Kier molecular flexibility index (Phi) is 2.87. The Hall–Kier alpha value is 0.310. The quantitative estimate of drug-likeness (QED) is 0.685. The van der Waals surface area contributed by atoms with E-state index in [1.807, 2.05) is 11.8 Å². The molecule has 1 aliphatic rings. The number of thioether (sulfide) groups is 1. The van der Waals surface area contributed by atoms with Crippen molar-refractivity contribution in [3.63, 3.8) is 0 Å². The van der Waals surface area contributed by atoms with Crippen molar-refractivity contribution >= 4 is 11.8 Å². The van der Waals surface area contributed by atoms with Crippen LogP contribution in [0.5, 0.6) is 0 Å². The van der Waals surface area contributed by atoms with Crippen LogP contribution in [0.1, 0.15) is 20.8 Å². The smallest absolute Gasteiger partial charge is 0.0145 e. The van der Waals surface area contributed by atoms with Crippen LogP contribution >= 0.6 is 11.8 Å². The molecule has 0 aromatic carbocycles. The summed E-state index contributed by atoms with van der Waals surface area (Å²) in [7, 11) is 0. The molecule has 1 atom stereocenters. The zero-order valence-electron chi connectivity index (χ0n) is 7.98. The Morgan fingerprint density at radius 2 is 1.91 bits per heavy atom. The van der Waals surface area contributed by atoms with Gasteiger partial charge in [-0.05, 0) is 17.6 Å². The van der Waals surface area contributed by atoms with E-state index in [4.69, 9.17) is 0 Å². The molecular formula is C9H19NS. The molecule has 0 spiro atoms. The first-order valence-electron chi connectivity index (χ1n) is 4.29. The van der Waals surface area contributed by atoms with Gasteiger partial charge < -0.3 is 5.32 Å². The Balaban J connectivity index is 2.48. The van der Waals surface area contributed by atoms with Gasteiger partial charge in [-0.15, -0.1) is 0 Å². The van der Waals surface area contributed by atoms with Gasteiger partial charge in [0.2, 0.25) is 0 Å². The van der Waals surface area contributed by atoms with E-state index in [0.29, 0.717) is 5.41 Å². The van der Waals surface area contributed by atoms with Crippen LogP contribution < -0.4 is 5.32 Å². The molecule has 1 heterocycles. The lowest BCUT2D eigenvalue weighted by Gasteiger charge is -2.41. The van der Waals surface area contributed by atoms with Crippen molar-refractivity contribution < 1.29 is 0 Å². The fraction of sp³-hybridized carbons (Fsp3) is 1.00. The van der Waals surface area contributed by atoms with Crippen molar-refractivity contribution in [2.45, 2.75) is 26.0 Å². The average molecular weight is 173 g/mol. The summed E-state index contributed by atoms with van der Waals surface area (Å²) < 4.78 is 0. The Bertz CT molecular complexity index is 124. The SMILES string of the molecule is CSC(C1CNC1)C(C)(C)C. The number of hydrogen-bond donors (Lipinski definition) is 1. The van der Waals surface area contributed by atoms with E-state index in [0.717, 1.165) is 11.2 Å². The molecule has 0 radical (unpaired) electrons. The third-order valence-corrected chi connectivity index (χ3v) is 3.95. The molecule has 11 heavy (non-hydrogen) atoms. The maximum absolute atomic E-state index is 3.33. The van der Waals surface area contributed by atoms with E-state index in [2.05, 4.69) is 32.3 Å². The van der Waals surface area contributed by atoms with Gasteiger partial charge in [0.15, 0.2) is 0 Å². The van der Waals surface area contributed by atoms with Gasteiger partial charge in [0.25, 0.3) is 0 Å². The van der Waals surface area contributed by atoms with E-state index >= 15 is 0 Å². The highest BCUT2D eigenvalue weighted by molar-refractivity contribution is 7.99. The first kappa shape index (κ1) is 9.40. The van der Waals surface area contributed by atoms with Gasteiger partial charge in [-0.25, -0.2) is 0 Å². The third-order valence-electron chi connectivity index (χ3n) is 2.35. The summed E-state index contributed by atoms with van der Waals surface area (Å²) in [5.74, 6) is 0.907. The largest absolute Gasteiger partial charge is 0.316 e. The number of hydrogen-bond acceptors (Lipinski definition) is 2. The lowest BCUT2D eigenvalue weighted by atomic mass is 9.81. The van der Waals surface area contributed by atoms with Crippen LogP contribution in [0.25, 0.3) is 0 Å². The molecule has 66 valence electrons. The van der Waals surface area contributed by atoms with Crippen molar-refractivity contribution in [1.82, 2.24) is 5.32 Å². The van der Waals surface area contributed by atoms with Crippen LogP contribution in [0.15, 0.2) is 0 Å². The van der Waals surface area contributed by atoms with Crippen molar-refractivity contribution in [3.8, 4) is 0 Å². The van der Waals surface area contributed by atoms with Gasteiger partial charge in [-0.3, -0.25) is 0 Å². The number of nitrogens with one attached hydrogen (secondary N) is 1. The van der Waals surface area contributed by atoms with E-state index in [1.54, 1.807) is 0 Å². The van der Waals surface area contributed by atoms with Gasteiger partial charge in [0, 0.05) is 18.3 Å². The second kappa shape index (κ2) is 3.36. The second-order valence-corrected chi connectivity index (χ2v) is 5.42. The van der Waals surface area contributed by atoms with Crippen molar-refractivity contribution in [2.24, 2.45) is 11.3 Å². The lowest BCUT2D eigenvalue weighted by molar-refractivity contribution is 0.242. The Morgan fingerprint density at radius 1 is 1.36 bits per heavy atom. The highest BCUT2D eigenvalue weighted by Gasteiger charge is 2.34. The molecule has 0 saturated carbocycles. The van der Waals surface area contributed by atoms with E-state index in [-0.39, 0.29) is 0 Å². The summed E-state index contributed by atoms with van der Waals surface area (Å²) in [6, 6.07) is 0. The zero-order chi connectivity index (χ0) is 8.48. The summed E-state index contributed by atoms with van der Waals surface area (Å²) in [5.41, 5.74) is 0.464. The second-order valence-electron chi connectivity index (χ2n) is 4.44. The lowest BCUT2D eigenvalue weighted by Crippen LogP contribution is -2.51. The van der Waals surface area contributed by atoms with E-state index in [9.17, 15) is 0 Å². The first-order chi connectivity index (χ1) is 5.05. The summed E-state index contributed by atoms with van der Waals surface area (Å²) in [6.45, 7) is 9.47. The normalized spacial score (nSPS) is 22.9. The third kappa shape index (κ3) is 2.12.